The zero-order valence-electron chi connectivity index (χ0n) is 11.3. The standard InChI is InChI=1S/C14H19ClFNO2S/c15-9-1-2-10-20(18,19)17(14-7-8-14)11-12-3-5-13(16)6-4-12/h3-6,14H,1-2,7-11H2. The Bertz CT molecular complexity index is 529. The Morgan fingerprint density at radius 1 is 1.20 bits per heavy atom. The minimum absolute atomic E-state index is 0.112. The number of alkyl halides is 1. The molecule has 6 heteroatoms. The molecule has 0 heterocycles. The van der Waals surface area contributed by atoms with Gasteiger partial charge in [0.25, 0.3) is 0 Å². The number of benzene rings is 1. The molecule has 2 rings (SSSR count). The summed E-state index contributed by atoms with van der Waals surface area (Å²) in [7, 11) is -3.26. The molecule has 0 spiro atoms. The second kappa shape index (κ2) is 6.87. The van der Waals surface area contributed by atoms with Crippen molar-refractivity contribution in [3.8, 4) is 0 Å². The van der Waals surface area contributed by atoms with Crippen LogP contribution in [0.4, 0.5) is 4.39 Å². The highest BCUT2D eigenvalue weighted by molar-refractivity contribution is 7.89. The molecule has 0 bridgehead atoms. The average molecular weight is 320 g/mol. The molecule has 0 saturated heterocycles. The fourth-order valence-electron chi connectivity index (χ4n) is 2.08. The first kappa shape index (κ1) is 15.7. The number of halogens is 2. The molecule has 112 valence electrons. The summed E-state index contributed by atoms with van der Waals surface area (Å²) in [5, 5.41) is 0. The largest absolute Gasteiger partial charge is 0.214 e. The SMILES string of the molecule is O=S(=O)(CCCCCl)N(Cc1ccc(F)cc1)C1CC1. The van der Waals surface area contributed by atoms with Gasteiger partial charge in [-0.1, -0.05) is 12.1 Å². The molecular weight excluding hydrogens is 301 g/mol. The van der Waals surface area contributed by atoms with Crippen LogP contribution >= 0.6 is 11.6 Å². The van der Waals surface area contributed by atoms with Gasteiger partial charge in [0.15, 0.2) is 0 Å². The first-order valence-corrected chi connectivity index (χ1v) is 8.97. The van der Waals surface area contributed by atoms with E-state index in [1.807, 2.05) is 0 Å². The highest BCUT2D eigenvalue weighted by Crippen LogP contribution is 2.31. The van der Waals surface area contributed by atoms with Crippen molar-refractivity contribution in [2.45, 2.75) is 38.3 Å². The van der Waals surface area contributed by atoms with Crippen molar-refractivity contribution in [3.05, 3.63) is 35.6 Å². The lowest BCUT2D eigenvalue weighted by atomic mass is 10.2. The van der Waals surface area contributed by atoms with Crippen LogP contribution in [-0.2, 0) is 16.6 Å². The van der Waals surface area contributed by atoms with Crippen molar-refractivity contribution in [2.75, 3.05) is 11.6 Å². The number of sulfonamides is 1. The Balaban J connectivity index is 2.05. The Kier molecular flexibility index (Phi) is 5.41. The van der Waals surface area contributed by atoms with Crippen molar-refractivity contribution in [1.82, 2.24) is 4.31 Å². The maximum absolute atomic E-state index is 12.9. The Labute approximate surface area is 124 Å². The molecule has 1 aliphatic rings. The van der Waals surface area contributed by atoms with Crippen molar-refractivity contribution >= 4 is 21.6 Å². The van der Waals surface area contributed by atoms with Crippen LogP contribution in [0.5, 0.6) is 0 Å². The van der Waals surface area contributed by atoms with E-state index in [-0.39, 0.29) is 17.6 Å². The fourth-order valence-corrected chi connectivity index (χ4v) is 4.09. The average Bonchev–Trinajstić information content (AvgIpc) is 3.22. The molecular formula is C14H19ClFNO2S. The van der Waals surface area contributed by atoms with E-state index in [1.54, 1.807) is 16.4 Å². The second-order valence-electron chi connectivity index (χ2n) is 5.11. The minimum Gasteiger partial charge on any atom is -0.212 e. The van der Waals surface area contributed by atoms with E-state index in [4.69, 9.17) is 11.6 Å². The predicted molar refractivity (Wildman–Crippen MR) is 78.7 cm³/mol. The summed E-state index contributed by atoms with van der Waals surface area (Å²) in [6.07, 6.45) is 3.11. The van der Waals surface area contributed by atoms with Crippen LogP contribution in [0.3, 0.4) is 0 Å². The Morgan fingerprint density at radius 2 is 1.85 bits per heavy atom. The third-order valence-electron chi connectivity index (χ3n) is 3.35. The molecule has 0 radical (unpaired) electrons. The molecule has 0 N–H and O–H groups in total. The van der Waals surface area contributed by atoms with Crippen LogP contribution in [0.1, 0.15) is 31.2 Å². The normalized spacial score (nSPS) is 15.8. The van der Waals surface area contributed by atoms with Crippen LogP contribution < -0.4 is 0 Å². The molecule has 1 aromatic carbocycles. The molecule has 0 aromatic heterocycles. The highest BCUT2D eigenvalue weighted by Gasteiger charge is 2.36. The molecule has 0 amide bonds. The van der Waals surface area contributed by atoms with Crippen molar-refractivity contribution in [1.29, 1.82) is 0 Å². The first-order chi connectivity index (χ1) is 9.53. The van der Waals surface area contributed by atoms with Gasteiger partial charge in [0.05, 0.1) is 5.75 Å². The zero-order chi connectivity index (χ0) is 14.6. The topological polar surface area (TPSA) is 37.4 Å². The molecule has 0 aliphatic heterocycles. The summed E-state index contributed by atoms with van der Waals surface area (Å²) in [6, 6.07) is 6.11. The van der Waals surface area contributed by atoms with Gasteiger partial charge < -0.3 is 0 Å². The lowest BCUT2D eigenvalue weighted by molar-refractivity contribution is 0.397. The Hall–Kier alpha value is -0.650. The van der Waals surface area contributed by atoms with E-state index in [0.29, 0.717) is 25.3 Å². The summed E-state index contributed by atoms with van der Waals surface area (Å²) in [5.41, 5.74) is 0.819. The van der Waals surface area contributed by atoms with Gasteiger partial charge in [-0.3, -0.25) is 0 Å². The number of hydrogen-bond donors (Lipinski definition) is 0. The molecule has 20 heavy (non-hydrogen) atoms. The maximum atomic E-state index is 12.9. The summed E-state index contributed by atoms with van der Waals surface area (Å²) < 4.78 is 39.2. The van der Waals surface area contributed by atoms with Crippen molar-refractivity contribution in [2.24, 2.45) is 0 Å². The summed E-state index contributed by atoms with van der Waals surface area (Å²) in [5.74, 6) is 0.311. The molecule has 1 aromatic rings. The molecule has 1 saturated carbocycles. The van der Waals surface area contributed by atoms with E-state index in [1.165, 1.54) is 12.1 Å². The van der Waals surface area contributed by atoms with Gasteiger partial charge in [-0.15, -0.1) is 11.6 Å². The third-order valence-corrected chi connectivity index (χ3v) is 5.56. The minimum atomic E-state index is -3.26. The smallest absolute Gasteiger partial charge is 0.212 e. The maximum Gasteiger partial charge on any atom is 0.214 e. The Morgan fingerprint density at radius 3 is 2.40 bits per heavy atom. The van der Waals surface area contributed by atoms with Crippen LogP contribution in [0.2, 0.25) is 0 Å². The van der Waals surface area contributed by atoms with Crippen LogP contribution in [0.15, 0.2) is 24.3 Å². The van der Waals surface area contributed by atoms with Gasteiger partial charge in [0, 0.05) is 18.5 Å². The molecule has 0 unspecified atom stereocenters. The van der Waals surface area contributed by atoms with Gasteiger partial charge in [0.1, 0.15) is 5.82 Å². The zero-order valence-corrected chi connectivity index (χ0v) is 12.8. The van der Waals surface area contributed by atoms with E-state index in [2.05, 4.69) is 0 Å². The highest BCUT2D eigenvalue weighted by atomic mass is 35.5. The van der Waals surface area contributed by atoms with Gasteiger partial charge in [-0.05, 0) is 43.4 Å². The number of hydrogen-bond acceptors (Lipinski definition) is 2. The van der Waals surface area contributed by atoms with Gasteiger partial charge >= 0.3 is 0 Å². The number of nitrogens with zero attached hydrogens (tertiary/aromatic N) is 1. The third kappa shape index (κ3) is 4.43. The van der Waals surface area contributed by atoms with Crippen LogP contribution in [-0.4, -0.2) is 30.4 Å². The molecule has 1 aliphatic carbocycles. The summed E-state index contributed by atoms with van der Waals surface area (Å²) in [4.78, 5) is 0. The molecule has 3 nitrogen and oxygen atoms in total. The van der Waals surface area contributed by atoms with Crippen LogP contribution in [0.25, 0.3) is 0 Å². The van der Waals surface area contributed by atoms with Gasteiger partial charge in [-0.2, -0.15) is 4.31 Å². The van der Waals surface area contributed by atoms with E-state index < -0.39 is 10.0 Å². The van der Waals surface area contributed by atoms with E-state index in [9.17, 15) is 12.8 Å². The fraction of sp³-hybridized carbons (Fsp3) is 0.571. The first-order valence-electron chi connectivity index (χ1n) is 6.83. The van der Waals surface area contributed by atoms with Crippen molar-refractivity contribution in [3.63, 3.8) is 0 Å². The quantitative estimate of drug-likeness (QED) is 0.545. The number of rotatable bonds is 8. The van der Waals surface area contributed by atoms with Gasteiger partial charge in [-0.25, -0.2) is 12.8 Å². The summed E-state index contributed by atoms with van der Waals surface area (Å²) in [6.45, 7) is 0.328. The van der Waals surface area contributed by atoms with Gasteiger partial charge in [0.2, 0.25) is 10.0 Å². The van der Waals surface area contributed by atoms with Crippen LogP contribution in [0, 0.1) is 5.82 Å². The van der Waals surface area contributed by atoms with E-state index in [0.717, 1.165) is 18.4 Å². The molecule has 1 fully saturated rings. The predicted octanol–water partition coefficient (Wildman–Crippen LogP) is 3.14. The second-order valence-corrected chi connectivity index (χ2v) is 7.53. The van der Waals surface area contributed by atoms with E-state index >= 15 is 0 Å². The monoisotopic (exact) mass is 319 g/mol. The molecule has 0 atom stereocenters. The lowest BCUT2D eigenvalue weighted by Crippen LogP contribution is -2.34. The van der Waals surface area contributed by atoms with Crippen molar-refractivity contribution < 1.29 is 12.8 Å². The lowest BCUT2D eigenvalue weighted by Gasteiger charge is -2.22. The number of unbranched alkanes of at least 4 members (excludes halogenated alkanes) is 1. The summed E-state index contributed by atoms with van der Waals surface area (Å²) >= 11 is 5.59.